The van der Waals surface area contributed by atoms with Gasteiger partial charge >= 0.3 is 0 Å². The molecule has 0 aliphatic carbocycles. The van der Waals surface area contributed by atoms with Crippen LogP contribution < -0.4 is 0 Å². The zero-order valence-corrected chi connectivity index (χ0v) is 12.0. The van der Waals surface area contributed by atoms with E-state index in [1.54, 1.807) is 0 Å². The molecule has 1 nitrogen and oxygen atoms in total. The van der Waals surface area contributed by atoms with Crippen molar-refractivity contribution < 1.29 is 5.11 Å². The van der Waals surface area contributed by atoms with E-state index in [2.05, 4.69) is 13.0 Å². The number of phenolic OH excluding ortho intramolecular Hbond substituents is 1. The lowest BCUT2D eigenvalue weighted by molar-refractivity contribution is 0.470. The van der Waals surface area contributed by atoms with Crippen molar-refractivity contribution in [2.45, 2.75) is 71.6 Å². The molecule has 0 aliphatic heterocycles. The monoisotopic (exact) mass is 248 g/mol. The number of aromatic hydroxyl groups is 1. The molecule has 0 fully saturated rings. The van der Waals surface area contributed by atoms with Crippen LogP contribution in [-0.2, 0) is 6.42 Å². The highest BCUT2D eigenvalue weighted by molar-refractivity contribution is 5.35. The molecule has 1 aromatic rings. The molecule has 0 saturated heterocycles. The molecule has 0 bridgehead atoms. The summed E-state index contributed by atoms with van der Waals surface area (Å²) in [6.07, 6.45) is 11.9. The first-order valence-electron chi connectivity index (χ1n) is 7.52. The molecule has 1 aromatic carbocycles. The molecular weight excluding hydrogens is 220 g/mol. The number of phenols is 1. The Morgan fingerprint density at radius 3 is 2.11 bits per heavy atom. The number of hydrogen-bond acceptors (Lipinski definition) is 1. The second-order valence-electron chi connectivity index (χ2n) is 5.35. The summed E-state index contributed by atoms with van der Waals surface area (Å²) in [5, 5.41) is 9.62. The quantitative estimate of drug-likeness (QED) is 0.581. The van der Waals surface area contributed by atoms with Crippen LogP contribution in [0, 0.1) is 6.92 Å². The highest BCUT2D eigenvalue weighted by Crippen LogP contribution is 2.19. The van der Waals surface area contributed by atoms with Crippen LogP contribution in [-0.4, -0.2) is 5.11 Å². The predicted molar refractivity (Wildman–Crippen MR) is 79.2 cm³/mol. The summed E-state index contributed by atoms with van der Waals surface area (Å²) in [6, 6.07) is 6.06. The lowest BCUT2D eigenvalue weighted by Crippen LogP contribution is -1.87. The maximum Gasteiger partial charge on any atom is 0.118 e. The van der Waals surface area contributed by atoms with E-state index < -0.39 is 0 Å². The van der Waals surface area contributed by atoms with Crippen molar-refractivity contribution in [1.29, 1.82) is 0 Å². The Morgan fingerprint density at radius 2 is 1.50 bits per heavy atom. The molecule has 1 N–H and O–H groups in total. The second-order valence-corrected chi connectivity index (χ2v) is 5.35. The largest absolute Gasteiger partial charge is 0.508 e. The molecule has 1 heteroatoms. The lowest BCUT2D eigenvalue weighted by atomic mass is 10.0. The number of aryl methyl sites for hydroxylation is 2. The number of rotatable bonds is 9. The van der Waals surface area contributed by atoms with Gasteiger partial charge in [-0.15, -0.1) is 0 Å². The van der Waals surface area contributed by atoms with Gasteiger partial charge in [0.15, 0.2) is 0 Å². The van der Waals surface area contributed by atoms with Crippen molar-refractivity contribution in [3.8, 4) is 5.75 Å². The van der Waals surface area contributed by atoms with Gasteiger partial charge in [0.25, 0.3) is 0 Å². The van der Waals surface area contributed by atoms with Gasteiger partial charge in [0.1, 0.15) is 5.75 Å². The number of benzene rings is 1. The average Bonchev–Trinajstić information content (AvgIpc) is 2.37. The molecule has 0 aliphatic rings. The molecule has 0 heterocycles. The van der Waals surface area contributed by atoms with Crippen LogP contribution in [0.4, 0.5) is 0 Å². The predicted octanol–water partition coefficient (Wildman–Crippen LogP) is 5.38. The van der Waals surface area contributed by atoms with E-state index in [0.29, 0.717) is 5.75 Å². The van der Waals surface area contributed by atoms with E-state index in [9.17, 15) is 5.11 Å². The fourth-order valence-electron chi connectivity index (χ4n) is 2.27. The van der Waals surface area contributed by atoms with E-state index >= 15 is 0 Å². The van der Waals surface area contributed by atoms with Crippen molar-refractivity contribution >= 4 is 0 Å². The first-order chi connectivity index (χ1) is 8.74. The topological polar surface area (TPSA) is 20.2 Å². The van der Waals surface area contributed by atoms with Crippen LogP contribution >= 0.6 is 0 Å². The van der Waals surface area contributed by atoms with Crippen molar-refractivity contribution in [1.82, 2.24) is 0 Å². The fraction of sp³-hybridized carbons (Fsp3) is 0.647. The Kier molecular flexibility index (Phi) is 7.55. The second kappa shape index (κ2) is 9.02. The average molecular weight is 248 g/mol. The summed E-state index contributed by atoms with van der Waals surface area (Å²) in [4.78, 5) is 0. The Bertz CT molecular complexity index is 330. The van der Waals surface area contributed by atoms with Crippen LogP contribution in [0.2, 0.25) is 0 Å². The molecule has 0 radical (unpaired) electrons. The maximum atomic E-state index is 9.62. The van der Waals surface area contributed by atoms with Gasteiger partial charge in [-0.1, -0.05) is 64.0 Å². The van der Waals surface area contributed by atoms with Gasteiger partial charge in [-0.25, -0.2) is 0 Å². The van der Waals surface area contributed by atoms with Gasteiger partial charge in [0.2, 0.25) is 0 Å². The summed E-state index contributed by atoms with van der Waals surface area (Å²) in [5.74, 6) is 0.437. The summed E-state index contributed by atoms with van der Waals surface area (Å²) in [7, 11) is 0. The number of hydrogen-bond donors (Lipinski definition) is 1. The third-order valence-electron chi connectivity index (χ3n) is 3.59. The third-order valence-corrected chi connectivity index (χ3v) is 3.59. The van der Waals surface area contributed by atoms with Crippen LogP contribution in [0.25, 0.3) is 0 Å². The molecule has 0 unspecified atom stereocenters. The van der Waals surface area contributed by atoms with Crippen LogP contribution in [0.5, 0.6) is 5.75 Å². The summed E-state index contributed by atoms with van der Waals surface area (Å²) in [6.45, 7) is 4.20. The van der Waals surface area contributed by atoms with Crippen molar-refractivity contribution in [2.24, 2.45) is 0 Å². The molecule has 0 amide bonds. The highest BCUT2D eigenvalue weighted by atomic mass is 16.3. The Hall–Kier alpha value is -0.980. The molecule has 102 valence electrons. The molecule has 18 heavy (non-hydrogen) atoms. The lowest BCUT2D eigenvalue weighted by Gasteiger charge is -2.04. The fourth-order valence-corrected chi connectivity index (χ4v) is 2.27. The summed E-state index contributed by atoms with van der Waals surface area (Å²) in [5.41, 5.74) is 2.23. The van der Waals surface area contributed by atoms with Gasteiger partial charge in [-0.05, 0) is 37.0 Å². The van der Waals surface area contributed by atoms with E-state index in [-0.39, 0.29) is 0 Å². The highest BCUT2D eigenvalue weighted by Gasteiger charge is 1.98. The molecule has 0 spiro atoms. The first kappa shape index (κ1) is 15.1. The summed E-state index contributed by atoms with van der Waals surface area (Å²) < 4.78 is 0. The number of unbranched alkanes of at least 4 members (excludes halogenated alkanes) is 7. The minimum Gasteiger partial charge on any atom is -0.508 e. The van der Waals surface area contributed by atoms with Gasteiger partial charge < -0.3 is 5.11 Å². The molecule has 1 rings (SSSR count). The summed E-state index contributed by atoms with van der Waals surface area (Å²) >= 11 is 0. The Morgan fingerprint density at radius 1 is 0.889 bits per heavy atom. The van der Waals surface area contributed by atoms with E-state index in [4.69, 9.17) is 0 Å². The van der Waals surface area contributed by atoms with Gasteiger partial charge in [0.05, 0.1) is 0 Å². The van der Waals surface area contributed by atoms with E-state index in [1.165, 1.54) is 56.9 Å². The van der Waals surface area contributed by atoms with Crippen molar-refractivity contribution in [3.05, 3.63) is 29.3 Å². The van der Waals surface area contributed by atoms with Gasteiger partial charge in [-0.3, -0.25) is 0 Å². The molecule has 0 aromatic heterocycles. The zero-order chi connectivity index (χ0) is 13.2. The minimum atomic E-state index is 0.437. The van der Waals surface area contributed by atoms with Crippen molar-refractivity contribution in [2.75, 3.05) is 0 Å². The Labute approximate surface area is 112 Å². The van der Waals surface area contributed by atoms with E-state index in [1.807, 2.05) is 19.1 Å². The Balaban J connectivity index is 2.05. The molecule has 0 saturated carbocycles. The van der Waals surface area contributed by atoms with Crippen LogP contribution in [0.15, 0.2) is 18.2 Å². The molecular formula is C17H28O. The van der Waals surface area contributed by atoms with Gasteiger partial charge in [0, 0.05) is 0 Å². The van der Waals surface area contributed by atoms with Crippen LogP contribution in [0.3, 0.4) is 0 Å². The zero-order valence-electron chi connectivity index (χ0n) is 12.0. The van der Waals surface area contributed by atoms with Gasteiger partial charge in [-0.2, -0.15) is 0 Å². The molecule has 0 atom stereocenters. The standard InChI is InChI=1S/C17H28O/c1-3-4-5-6-7-8-9-10-11-16-13-12-15(2)17(18)14-16/h12-14,18H,3-11H2,1-2H3. The smallest absolute Gasteiger partial charge is 0.118 e. The SMILES string of the molecule is CCCCCCCCCCc1ccc(C)c(O)c1. The van der Waals surface area contributed by atoms with Crippen molar-refractivity contribution in [3.63, 3.8) is 0 Å². The van der Waals surface area contributed by atoms with E-state index in [0.717, 1.165) is 12.0 Å². The van der Waals surface area contributed by atoms with Crippen LogP contribution in [0.1, 0.15) is 69.4 Å². The third kappa shape index (κ3) is 6.09. The minimum absolute atomic E-state index is 0.437. The normalized spacial score (nSPS) is 10.8. The maximum absolute atomic E-state index is 9.62. The first-order valence-corrected chi connectivity index (χ1v) is 7.52.